The minimum atomic E-state index is -0.0373. The van der Waals surface area contributed by atoms with Crippen molar-refractivity contribution in [2.45, 2.75) is 13.2 Å². The second kappa shape index (κ2) is 6.19. The molecular formula is C16H15N3O2. The van der Waals surface area contributed by atoms with Crippen LogP contribution in [0.2, 0.25) is 0 Å². The molecular weight excluding hydrogens is 266 g/mol. The third-order valence-electron chi connectivity index (χ3n) is 3.15. The standard InChI is InChI=1S/C16H15N3O2/c20-11-12-4-1-2-6-14(12)15-16(18-8-7-17-15)19-10-13-5-3-9-21-13/h1-9,20H,10-11H2,(H,18,19). The largest absolute Gasteiger partial charge is 0.467 e. The molecule has 2 aromatic heterocycles. The lowest BCUT2D eigenvalue weighted by Crippen LogP contribution is -2.04. The fourth-order valence-electron chi connectivity index (χ4n) is 2.14. The SMILES string of the molecule is OCc1ccccc1-c1nccnc1NCc1ccco1. The first-order chi connectivity index (χ1) is 10.4. The zero-order valence-corrected chi connectivity index (χ0v) is 11.4. The van der Waals surface area contributed by atoms with Crippen molar-refractivity contribution in [1.82, 2.24) is 9.97 Å². The van der Waals surface area contributed by atoms with Crippen molar-refractivity contribution in [3.05, 3.63) is 66.4 Å². The minimum Gasteiger partial charge on any atom is -0.467 e. The summed E-state index contributed by atoms with van der Waals surface area (Å²) in [6.07, 6.45) is 4.91. The Hall–Kier alpha value is -2.66. The van der Waals surface area contributed by atoms with Gasteiger partial charge in [-0.3, -0.25) is 4.98 Å². The molecule has 0 spiro atoms. The second-order valence-electron chi connectivity index (χ2n) is 4.50. The lowest BCUT2D eigenvalue weighted by atomic mass is 10.0. The molecule has 0 fully saturated rings. The zero-order valence-electron chi connectivity index (χ0n) is 11.4. The van der Waals surface area contributed by atoms with Crippen molar-refractivity contribution in [1.29, 1.82) is 0 Å². The number of rotatable bonds is 5. The molecule has 5 nitrogen and oxygen atoms in total. The molecule has 3 aromatic rings. The van der Waals surface area contributed by atoms with Crippen molar-refractivity contribution < 1.29 is 9.52 Å². The quantitative estimate of drug-likeness (QED) is 0.752. The summed E-state index contributed by atoms with van der Waals surface area (Å²) in [7, 11) is 0. The molecule has 0 bridgehead atoms. The van der Waals surface area contributed by atoms with Gasteiger partial charge in [0.25, 0.3) is 0 Å². The maximum absolute atomic E-state index is 9.47. The summed E-state index contributed by atoms with van der Waals surface area (Å²) < 4.78 is 5.30. The molecule has 0 saturated heterocycles. The summed E-state index contributed by atoms with van der Waals surface area (Å²) in [5.41, 5.74) is 2.41. The van der Waals surface area contributed by atoms with Crippen molar-refractivity contribution in [3.63, 3.8) is 0 Å². The van der Waals surface area contributed by atoms with Gasteiger partial charge >= 0.3 is 0 Å². The molecule has 0 aliphatic carbocycles. The number of anilines is 1. The van der Waals surface area contributed by atoms with Gasteiger partial charge < -0.3 is 14.8 Å². The number of furan rings is 1. The fourth-order valence-corrected chi connectivity index (χ4v) is 2.14. The van der Waals surface area contributed by atoms with Crippen LogP contribution in [0.5, 0.6) is 0 Å². The molecule has 0 aliphatic rings. The van der Waals surface area contributed by atoms with Gasteiger partial charge in [-0.2, -0.15) is 0 Å². The van der Waals surface area contributed by atoms with E-state index in [2.05, 4.69) is 15.3 Å². The van der Waals surface area contributed by atoms with Crippen molar-refractivity contribution in [3.8, 4) is 11.3 Å². The van der Waals surface area contributed by atoms with E-state index in [4.69, 9.17) is 4.42 Å². The van der Waals surface area contributed by atoms with Gasteiger partial charge in [0.2, 0.25) is 0 Å². The van der Waals surface area contributed by atoms with E-state index < -0.39 is 0 Å². The van der Waals surface area contributed by atoms with Gasteiger partial charge in [-0.05, 0) is 17.7 Å². The molecule has 2 heterocycles. The summed E-state index contributed by atoms with van der Waals surface area (Å²) in [6, 6.07) is 11.3. The third kappa shape index (κ3) is 2.93. The van der Waals surface area contributed by atoms with E-state index in [0.717, 1.165) is 16.9 Å². The van der Waals surface area contributed by atoms with Gasteiger partial charge in [-0.1, -0.05) is 24.3 Å². The highest BCUT2D eigenvalue weighted by Crippen LogP contribution is 2.27. The van der Waals surface area contributed by atoms with E-state index >= 15 is 0 Å². The number of hydrogen-bond donors (Lipinski definition) is 2. The van der Waals surface area contributed by atoms with E-state index in [1.807, 2.05) is 36.4 Å². The number of benzene rings is 1. The zero-order chi connectivity index (χ0) is 14.5. The number of nitrogens with one attached hydrogen (secondary N) is 1. The molecule has 0 saturated carbocycles. The third-order valence-corrected chi connectivity index (χ3v) is 3.15. The Kier molecular flexibility index (Phi) is 3.93. The van der Waals surface area contributed by atoms with Crippen molar-refractivity contribution >= 4 is 5.82 Å². The van der Waals surface area contributed by atoms with Gasteiger partial charge in [0.1, 0.15) is 11.5 Å². The Labute approximate surface area is 122 Å². The van der Waals surface area contributed by atoms with Gasteiger partial charge in [0, 0.05) is 18.0 Å². The Bertz CT molecular complexity index is 711. The van der Waals surface area contributed by atoms with Crippen LogP contribution in [-0.4, -0.2) is 15.1 Å². The molecule has 0 unspecified atom stereocenters. The first-order valence-electron chi connectivity index (χ1n) is 6.65. The van der Waals surface area contributed by atoms with E-state index in [9.17, 15) is 5.11 Å². The van der Waals surface area contributed by atoms with Crippen LogP contribution in [0.3, 0.4) is 0 Å². The molecule has 0 atom stereocenters. The predicted molar refractivity (Wildman–Crippen MR) is 79.4 cm³/mol. The summed E-state index contributed by atoms with van der Waals surface area (Å²) in [5, 5.41) is 12.7. The topological polar surface area (TPSA) is 71.2 Å². The Morgan fingerprint density at radius 3 is 2.71 bits per heavy atom. The molecule has 21 heavy (non-hydrogen) atoms. The fraction of sp³-hybridized carbons (Fsp3) is 0.125. The van der Waals surface area contributed by atoms with E-state index in [-0.39, 0.29) is 6.61 Å². The monoisotopic (exact) mass is 281 g/mol. The Balaban J connectivity index is 1.92. The molecule has 3 rings (SSSR count). The molecule has 0 aliphatic heterocycles. The summed E-state index contributed by atoms with van der Waals surface area (Å²) in [6.45, 7) is 0.490. The van der Waals surface area contributed by atoms with Crippen LogP contribution in [0.1, 0.15) is 11.3 Å². The first-order valence-corrected chi connectivity index (χ1v) is 6.65. The molecule has 0 amide bonds. The Morgan fingerprint density at radius 2 is 1.90 bits per heavy atom. The average molecular weight is 281 g/mol. The first kappa shape index (κ1) is 13.3. The van der Waals surface area contributed by atoms with E-state index in [1.165, 1.54) is 0 Å². The smallest absolute Gasteiger partial charge is 0.152 e. The molecule has 5 heteroatoms. The lowest BCUT2D eigenvalue weighted by Gasteiger charge is -2.11. The van der Waals surface area contributed by atoms with E-state index in [1.54, 1.807) is 18.7 Å². The molecule has 106 valence electrons. The highest BCUT2D eigenvalue weighted by Gasteiger charge is 2.11. The van der Waals surface area contributed by atoms with Gasteiger partial charge in [0.15, 0.2) is 5.82 Å². The minimum absolute atomic E-state index is 0.0373. The van der Waals surface area contributed by atoms with Crippen molar-refractivity contribution in [2.75, 3.05) is 5.32 Å². The van der Waals surface area contributed by atoms with Crippen LogP contribution in [0.15, 0.2) is 59.5 Å². The lowest BCUT2D eigenvalue weighted by molar-refractivity contribution is 0.282. The van der Waals surface area contributed by atoms with Crippen LogP contribution in [0, 0.1) is 0 Å². The number of aliphatic hydroxyl groups is 1. The number of nitrogens with zero attached hydrogens (tertiary/aromatic N) is 2. The van der Waals surface area contributed by atoms with Crippen LogP contribution in [-0.2, 0) is 13.2 Å². The van der Waals surface area contributed by atoms with Gasteiger partial charge in [-0.25, -0.2) is 4.98 Å². The molecule has 2 N–H and O–H groups in total. The van der Waals surface area contributed by atoms with Crippen molar-refractivity contribution in [2.24, 2.45) is 0 Å². The Morgan fingerprint density at radius 1 is 1.05 bits per heavy atom. The van der Waals surface area contributed by atoms with Crippen LogP contribution in [0.4, 0.5) is 5.82 Å². The van der Waals surface area contributed by atoms with E-state index in [0.29, 0.717) is 18.1 Å². The maximum Gasteiger partial charge on any atom is 0.152 e. The van der Waals surface area contributed by atoms with Gasteiger partial charge in [-0.15, -0.1) is 0 Å². The predicted octanol–water partition coefficient (Wildman–Crippen LogP) is 2.84. The number of hydrogen-bond acceptors (Lipinski definition) is 5. The average Bonchev–Trinajstić information content (AvgIpc) is 3.06. The van der Waals surface area contributed by atoms with Crippen LogP contribution < -0.4 is 5.32 Å². The van der Waals surface area contributed by atoms with Gasteiger partial charge in [0.05, 0.1) is 19.4 Å². The van der Waals surface area contributed by atoms with Crippen LogP contribution >= 0.6 is 0 Å². The number of aromatic nitrogens is 2. The highest BCUT2D eigenvalue weighted by atomic mass is 16.3. The second-order valence-corrected chi connectivity index (χ2v) is 4.50. The normalized spacial score (nSPS) is 10.5. The summed E-state index contributed by atoms with van der Waals surface area (Å²) in [4.78, 5) is 8.72. The maximum atomic E-state index is 9.47. The number of aliphatic hydroxyl groups excluding tert-OH is 1. The summed E-state index contributed by atoms with van der Waals surface area (Å²) >= 11 is 0. The molecule has 1 aromatic carbocycles. The molecule has 0 radical (unpaired) electrons. The van der Waals surface area contributed by atoms with Crippen LogP contribution in [0.25, 0.3) is 11.3 Å². The summed E-state index contributed by atoms with van der Waals surface area (Å²) in [5.74, 6) is 1.48. The highest BCUT2D eigenvalue weighted by molar-refractivity contribution is 5.73.